The highest BCUT2D eigenvalue weighted by Gasteiger charge is 2.19. The molecule has 1 aromatic carbocycles. The van der Waals surface area contributed by atoms with Crippen LogP contribution in [0.1, 0.15) is 43.7 Å². The number of aryl methyl sites for hydroxylation is 2. The van der Waals surface area contributed by atoms with Gasteiger partial charge in [-0.2, -0.15) is 0 Å². The highest BCUT2D eigenvalue weighted by molar-refractivity contribution is 9.11. The number of rotatable bonds is 7. The van der Waals surface area contributed by atoms with E-state index >= 15 is 0 Å². The van der Waals surface area contributed by atoms with Crippen molar-refractivity contribution in [3.8, 4) is 0 Å². The van der Waals surface area contributed by atoms with Crippen LogP contribution in [0.2, 0.25) is 0 Å². The van der Waals surface area contributed by atoms with Crippen molar-refractivity contribution in [2.24, 2.45) is 5.92 Å². The molecule has 1 unspecified atom stereocenters. The van der Waals surface area contributed by atoms with Crippen molar-refractivity contribution >= 4 is 31.9 Å². The van der Waals surface area contributed by atoms with Crippen molar-refractivity contribution in [3.05, 3.63) is 32.2 Å². The van der Waals surface area contributed by atoms with Crippen LogP contribution >= 0.6 is 31.9 Å². The first-order valence-corrected chi connectivity index (χ1v) is 8.82. The predicted molar refractivity (Wildman–Crippen MR) is 89.7 cm³/mol. The van der Waals surface area contributed by atoms with Crippen LogP contribution in [0.5, 0.6) is 0 Å². The third-order valence-electron chi connectivity index (χ3n) is 3.88. The lowest BCUT2D eigenvalue weighted by molar-refractivity contribution is 0.469. The minimum absolute atomic E-state index is 0.790. The maximum absolute atomic E-state index is 3.68. The van der Waals surface area contributed by atoms with E-state index in [9.17, 15) is 0 Å². The largest absolute Gasteiger partial charge is 0.314 e. The van der Waals surface area contributed by atoms with Crippen LogP contribution in [0, 0.1) is 12.8 Å². The lowest BCUT2D eigenvalue weighted by Gasteiger charge is -2.13. The van der Waals surface area contributed by atoms with Crippen LogP contribution in [0.3, 0.4) is 0 Å². The van der Waals surface area contributed by atoms with Gasteiger partial charge < -0.3 is 5.32 Å². The van der Waals surface area contributed by atoms with Crippen molar-refractivity contribution < 1.29 is 0 Å². The van der Waals surface area contributed by atoms with Crippen LogP contribution in [-0.4, -0.2) is 12.6 Å². The van der Waals surface area contributed by atoms with Crippen molar-refractivity contribution in [2.45, 2.75) is 52.0 Å². The fraction of sp³-hybridized carbons (Fsp3) is 0.625. The molecule has 0 radical (unpaired) electrons. The number of nitrogens with one attached hydrogen (secondary N) is 1. The van der Waals surface area contributed by atoms with Gasteiger partial charge in [-0.15, -0.1) is 0 Å². The smallest absolute Gasteiger partial charge is 0.0210 e. The molecule has 0 aromatic heterocycles. The molecule has 2 rings (SSSR count). The Morgan fingerprint density at radius 1 is 1.21 bits per heavy atom. The van der Waals surface area contributed by atoms with Gasteiger partial charge in [-0.05, 0) is 74.8 Å². The van der Waals surface area contributed by atoms with Crippen LogP contribution in [-0.2, 0) is 6.42 Å². The van der Waals surface area contributed by atoms with Gasteiger partial charge in [0.15, 0.2) is 0 Å². The Hall–Kier alpha value is 0.140. The zero-order valence-electron chi connectivity index (χ0n) is 11.8. The molecule has 1 aliphatic carbocycles. The summed E-state index contributed by atoms with van der Waals surface area (Å²) < 4.78 is 2.46. The number of benzene rings is 1. The molecule has 106 valence electrons. The molecule has 0 amide bonds. The molecule has 3 heteroatoms. The molecule has 1 fully saturated rings. The Balaban J connectivity index is 1.75. The van der Waals surface area contributed by atoms with Crippen molar-refractivity contribution in [3.63, 3.8) is 0 Å². The van der Waals surface area contributed by atoms with E-state index in [0.717, 1.165) is 18.4 Å². The second-order valence-corrected chi connectivity index (χ2v) is 7.56. The zero-order valence-corrected chi connectivity index (χ0v) is 15.0. The molecule has 0 saturated heterocycles. The van der Waals surface area contributed by atoms with Crippen LogP contribution in [0.15, 0.2) is 21.1 Å². The predicted octanol–water partition coefficient (Wildman–Crippen LogP) is 5.23. The third-order valence-corrected chi connectivity index (χ3v) is 5.47. The van der Waals surface area contributed by atoms with Crippen LogP contribution < -0.4 is 5.32 Å². The van der Waals surface area contributed by atoms with E-state index in [1.807, 2.05) is 0 Å². The SMILES string of the molecule is Cc1cc(Br)c(CCC(C)CCNC2CC2)cc1Br. The minimum Gasteiger partial charge on any atom is -0.314 e. The molecule has 1 saturated carbocycles. The zero-order chi connectivity index (χ0) is 13.8. The molecule has 0 spiro atoms. The van der Waals surface area contributed by atoms with Crippen LogP contribution in [0.4, 0.5) is 0 Å². The Labute approximate surface area is 133 Å². The summed E-state index contributed by atoms with van der Waals surface area (Å²) in [5, 5.41) is 3.60. The van der Waals surface area contributed by atoms with Gasteiger partial charge >= 0.3 is 0 Å². The topological polar surface area (TPSA) is 12.0 Å². The van der Waals surface area contributed by atoms with E-state index in [4.69, 9.17) is 0 Å². The fourth-order valence-corrected chi connectivity index (χ4v) is 3.29. The average molecular weight is 389 g/mol. The highest BCUT2D eigenvalue weighted by atomic mass is 79.9. The van der Waals surface area contributed by atoms with Gasteiger partial charge in [0.1, 0.15) is 0 Å². The first kappa shape index (κ1) is 15.5. The average Bonchev–Trinajstić information content (AvgIpc) is 3.16. The second kappa shape index (κ2) is 7.24. The van der Waals surface area contributed by atoms with E-state index in [1.54, 1.807) is 0 Å². The lowest BCUT2D eigenvalue weighted by Crippen LogP contribution is -2.19. The molecular formula is C16H23Br2N. The summed E-state index contributed by atoms with van der Waals surface area (Å²) in [5.74, 6) is 0.790. The Bertz CT molecular complexity index is 427. The van der Waals surface area contributed by atoms with Gasteiger partial charge in [-0.1, -0.05) is 38.8 Å². The van der Waals surface area contributed by atoms with Gasteiger partial charge in [0.2, 0.25) is 0 Å². The Morgan fingerprint density at radius 2 is 1.95 bits per heavy atom. The molecule has 0 aliphatic heterocycles. The van der Waals surface area contributed by atoms with E-state index in [2.05, 4.69) is 63.2 Å². The van der Waals surface area contributed by atoms with Gasteiger partial charge in [-0.25, -0.2) is 0 Å². The van der Waals surface area contributed by atoms with Crippen molar-refractivity contribution in [2.75, 3.05) is 6.54 Å². The Morgan fingerprint density at radius 3 is 2.63 bits per heavy atom. The first-order valence-electron chi connectivity index (χ1n) is 7.24. The first-order chi connectivity index (χ1) is 9.06. The maximum atomic E-state index is 3.68. The summed E-state index contributed by atoms with van der Waals surface area (Å²) in [6.45, 7) is 5.68. The van der Waals surface area contributed by atoms with Gasteiger partial charge in [0.25, 0.3) is 0 Å². The minimum atomic E-state index is 0.790. The van der Waals surface area contributed by atoms with Gasteiger partial charge in [0, 0.05) is 15.0 Å². The highest BCUT2D eigenvalue weighted by Crippen LogP contribution is 2.27. The number of hydrogen-bond acceptors (Lipinski definition) is 1. The normalized spacial score (nSPS) is 16.6. The molecular weight excluding hydrogens is 366 g/mol. The maximum Gasteiger partial charge on any atom is 0.0210 e. The molecule has 19 heavy (non-hydrogen) atoms. The molecule has 0 bridgehead atoms. The molecule has 1 atom stereocenters. The summed E-state index contributed by atoms with van der Waals surface area (Å²) in [7, 11) is 0. The summed E-state index contributed by atoms with van der Waals surface area (Å²) in [6.07, 6.45) is 6.49. The van der Waals surface area contributed by atoms with Crippen molar-refractivity contribution in [1.82, 2.24) is 5.32 Å². The van der Waals surface area contributed by atoms with Gasteiger partial charge in [0.05, 0.1) is 0 Å². The van der Waals surface area contributed by atoms with E-state index < -0.39 is 0 Å². The fourth-order valence-electron chi connectivity index (χ4n) is 2.25. The molecule has 1 N–H and O–H groups in total. The second-order valence-electron chi connectivity index (χ2n) is 5.85. The monoisotopic (exact) mass is 387 g/mol. The molecule has 0 heterocycles. The third kappa shape index (κ3) is 5.20. The molecule has 1 aromatic rings. The lowest BCUT2D eigenvalue weighted by atomic mass is 9.98. The molecule has 1 aliphatic rings. The van der Waals surface area contributed by atoms with Crippen LogP contribution in [0.25, 0.3) is 0 Å². The summed E-state index contributed by atoms with van der Waals surface area (Å²) in [5.41, 5.74) is 2.71. The van der Waals surface area contributed by atoms with Gasteiger partial charge in [-0.3, -0.25) is 0 Å². The number of halogens is 2. The number of hydrogen-bond donors (Lipinski definition) is 1. The summed E-state index contributed by atoms with van der Waals surface area (Å²) in [6, 6.07) is 5.31. The van der Waals surface area contributed by atoms with E-state index in [0.29, 0.717) is 0 Å². The Kier molecular flexibility index (Phi) is 5.91. The van der Waals surface area contributed by atoms with E-state index in [1.165, 1.54) is 52.3 Å². The van der Waals surface area contributed by atoms with Crippen molar-refractivity contribution in [1.29, 1.82) is 0 Å². The quantitative estimate of drug-likeness (QED) is 0.674. The summed E-state index contributed by atoms with van der Waals surface area (Å²) in [4.78, 5) is 0. The summed E-state index contributed by atoms with van der Waals surface area (Å²) >= 11 is 7.30. The standard InChI is InChI=1S/C16H23Br2N/c1-11(7-8-19-14-5-6-14)3-4-13-10-15(17)12(2)9-16(13)18/h9-11,14,19H,3-8H2,1-2H3. The van der Waals surface area contributed by atoms with E-state index in [-0.39, 0.29) is 0 Å². The molecule has 1 nitrogen and oxygen atoms in total.